The van der Waals surface area contributed by atoms with Gasteiger partial charge in [-0.25, -0.2) is 9.97 Å². The van der Waals surface area contributed by atoms with Crippen molar-refractivity contribution in [3.8, 4) is 0 Å². The van der Waals surface area contributed by atoms with Crippen LogP contribution in [0.3, 0.4) is 0 Å². The van der Waals surface area contributed by atoms with Crippen molar-refractivity contribution < 1.29 is 4.79 Å². The molecule has 6 nitrogen and oxygen atoms in total. The molecule has 3 aromatic rings. The van der Waals surface area contributed by atoms with Gasteiger partial charge in [0.1, 0.15) is 5.82 Å². The smallest absolute Gasteiger partial charge is 0.221 e. The van der Waals surface area contributed by atoms with Gasteiger partial charge in [-0.1, -0.05) is 12.1 Å². The summed E-state index contributed by atoms with van der Waals surface area (Å²) in [6, 6.07) is 7.97. The zero-order valence-corrected chi connectivity index (χ0v) is 13.8. The summed E-state index contributed by atoms with van der Waals surface area (Å²) in [5.74, 6) is 0.960. The van der Waals surface area contributed by atoms with Gasteiger partial charge in [0.05, 0.1) is 16.7 Å². The third kappa shape index (κ3) is 3.68. The summed E-state index contributed by atoms with van der Waals surface area (Å²) in [7, 11) is 0. The lowest BCUT2D eigenvalue weighted by molar-refractivity contribution is -0.121. The molecule has 0 saturated carbocycles. The number of amides is 1. The number of imidazole rings is 1. The molecule has 3 rings (SSSR count). The Morgan fingerprint density at radius 3 is 2.96 bits per heavy atom. The number of hydrogen-bond donors (Lipinski definition) is 2. The Morgan fingerprint density at radius 2 is 2.17 bits per heavy atom. The van der Waals surface area contributed by atoms with Crippen molar-refractivity contribution >= 4 is 33.4 Å². The summed E-state index contributed by atoms with van der Waals surface area (Å²) < 4.78 is 2.08. The zero-order chi connectivity index (χ0) is 16.2. The minimum atomic E-state index is 0.0328. The second kappa shape index (κ2) is 6.78. The molecular weight excluding hydrogens is 310 g/mol. The first kappa shape index (κ1) is 15.5. The summed E-state index contributed by atoms with van der Waals surface area (Å²) in [5, 5.41) is 5.40. The molecule has 1 aromatic carbocycles. The first-order valence-corrected chi connectivity index (χ1v) is 8.40. The van der Waals surface area contributed by atoms with Crippen LogP contribution in [0, 0.1) is 6.92 Å². The second-order valence-electron chi connectivity index (χ2n) is 5.33. The lowest BCUT2D eigenvalue weighted by Crippen LogP contribution is -2.26. The van der Waals surface area contributed by atoms with E-state index in [9.17, 15) is 4.79 Å². The van der Waals surface area contributed by atoms with Crippen LogP contribution >= 0.6 is 11.3 Å². The largest absolute Gasteiger partial charge is 0.375 e. The maximum absolute atomic E-state index is 12.0. The maximum Gasteiger partial charge on any atom is 0.221 e. The Balaban J connectivity index is 1.51. The molecule has 0 aliphatic rings. The van der Waals surface area contributed by atoms with Gasteiger partial charge in [-0.15, -0.1) is 11.3 Å². The van der Waals surface area contributed by atoms with Crippen LogP contribution in [-0.2, 0) is 17.8 Å². The molecule has 23 heavy (non-hydrogen) atoms. The third-order valence-corrected chi connectivity index (χ3v) is 4.40. The lowest BCUT2D eigenvalue weighted by Gasteiger charge is -2.07. The number of nitrogens with two attached hydrogens (primary N) is 1. The molecule has 0 saturated heterocycles. The van der Waals surface area contributed by atoms with Crippen molar-refractivity contribution in [3.63, 3.8) is 0 Å². The van der Waals surface area contributed by atoms with Gasteiger partial charge in [0.25, 0.3) is 0 Å². The van der Waals surface area contributed by atoms with E-state index in [-0.39, 0.29) is 5.91 Å². The molecular formula is C16H19N5OS. The van der Waals surface area contributed by atoms with Crippen molar-refractivity contribution in [1.29, 1.82) is 0 Å². The SMILES string of the molecule is Cc1nc2ccccc2n1CCC(=O)NCCc1csc(N)n1. The Kier molecular flexibility index (Phi) is 4.57. The number of fused-ring (bicyclic) bond motifs is 1. The number of rotatable bonds is 6. The Labute approximate surface area is 138 Å². The van der Waals surface area contributed by atoms with Crippen molar-refractivity contribution in [1.82, 2.24) is 19.9 Å². The highest BCUT2D eigenvalue weighted by Crippen LogP contribution is 2.15. The molecule has 0 spiro atoms. The van der Waals surface area contributed by atoms with Crippen molar-refractivity contribution in [3.05, 3.63) is 41.2 Å². The molecule has 120 valence electrons. The number of nitrogens with zero attached hydrogens (tertiary/aromatic N) is 3. The summed E-state index contributed by atoms with van der Waals surface area (Å²) in [6.45, 7) is 3.16. The van der Waals surface area contributed by atoms with Crippen molar-refractivity contribution in [2.24, 2.45) is 0 Å². The number of carbonyl (C=O) groups is 1. The Morgan fingerprint density at radius 1 is 1.35 bits per heavy atom. The molecule has 0 atom stereocenters. The summed E-state index contributed by atoms with van der Waals surface area (Å²) in [4.78, 5) is 20.7. The highest BCUT2D eigenvalue weighted by Gasteiger charge is 2.09. The van der Waals surface area contributed by atoms with E-state index in [1.807, 2.05) is 36.6 Å². The van der Waals surface area contributed by atoms with Crippen LogP contribution in [0.4, 0.5) is 5.13 Å². The van der Waals surface area contributed by atoms with Gasteiger partial charge in [0.2, 0.25) is 5.91 Å². The predicted octanol–water partition coefficient (Wildman–Crippen LogP) is 2.13. The minimum absolute atomic E-state index is 0.0328. The number of hydrogen-bond acceptors (Lipinski definition) is 5. The minimum Gasteiger partial charge on any atom is -0.375 e. The highest BCUT2D eigenvalue weighted by atomic mass is 32.1. The topological polar surface area (TPSA) is 85.8 Å². The first-order valence-electron chi connectivity index (χ1n) is 7.52. The van der Waals surface area contributed by atoms with E-state index in [2.05, 4.69) is 19.9 Å². The Bertz CT molecular complexity index is 823. The molecule has 1 amide bonds. The number of nitrogens with one attached hydrogen (secondary N) is 1. The molecule has 2 aromatic heterocycles. The van der Waals surface area contributed by atoms with Crippen LogP contribution < -0.4 is 11.1 Å². The fraction of sp³-hybridized carbons (Fsp3) is 0.312. The summed E-state index contributed by atoms with van der Waals surface area (Å²) in [5.41, 5.74) is 8.53. The second-order valence-corrected chi connectivity index (χ2v) is 6.22. The van der Waals surface area contributed by atoms with Gasteiger partial charge in [0.15, 0.2) is 5.13 Å². The van der Waals surface area contributed by atoms with E-state index in [1.165, 1.54) is 11.3 Å². The number of anilines is 1. The molecule has 0 bridgehead atoms. The van der Waals surface area contributed by atoms with Crippen molar-refractivity contribution in [2.45, 2.75) is 26.3 Å². The Hall–Kier alpha value is -2.41. The van der Waals surface area contributed by atoms with E-state index >= 15 is 0 Å². The van der Waals surface area contributed by atoms with Crippen LogP contribution in [0.5, 0.6) is 0 Å². The standard InChI is InChI=1S/C16H19N5OS/c1-11-19-13-4-2-3-5-14(13)21(11)9-7-15(22)18-8-6-12-10-23-16(17)20-12/h2-5,10H,6-9H2,1H3,(H2,17,20)(H,18,22). The van der Waals surface area contributed by atoms with Gasteiger partial charge >= 0.3 is 0 Å². The number of thiazole rings is 1. The average Bonchev–Trinajstić information content (AvgIpc) is 3.08. The van der Waals surface area contributed by atoms with E-state index in [4.69, 9.17) is 5.73 Å². The number of para-hydroxylation sites is 2. The molecule has 0 aliphatic heterocycles. The van der Waals surface area contributed by atoms with E-state index in [0.717, 1.165) is 22.6 Å². The molecule has 3 N–H and O–H groups in total. The molecule has 0 unspecified atom stereocenters. The fourth-order valence-corrected chi connectivity index (χ4v) is 3.14. The lowest BCUT2D eigenvalue weighted by atomic mass is 10.3. The quantitative estimate of drug-likeness (QED) is 0.725. The monoisotopic (exact) mass is 329 g/mol. The highest BCUT2D eigenvalue weighted by molar-refractivity contribution is 7.13. The van der Waals surface area contributed by atoms with Gasteiger partial charge in [-0.3, -0.25) is 4.79 Å². The van der Waals surface area contributed by atoms with Crippen LogP contribution in [0.15, 0.2) is 29.6 Å². The summed E-state index contributed by atoms with van der Waals surface area (Å²) in [6.07, 6.45) is 1.13. The maximum atomic E-state index is 12.0. The van der Waals surface area contributed by atoms with Crippen LogP contribution in [0.1, 0.15) is 17.9 Å². The molecule has 7 heteroatoms. The molecule has 2 heterocycles. The number of carbonyl (C=O) groups excluding carboxylic acids is 1. The zero-order valence-electron chi connectivity index (χ0n) is 13.0. The normalized spacial score (nSPS) is 11.0. The first-order chi connectivity index (χ1) is 11.1. The van der Waals surface area contributed by atoms with Crippen LogP contribution in [0.25, 0.3) is 11.0 Å². The van der Waals surface area contributed by atoms with Gasteiger partial charge in [-0.2, -0.15) is 0 Å². The average molecular weight is 329 g/mol. The number of aryl methyl sites for hydroxylation is 2. The van der Waals surface area contributed by atoms with Gasteiger partial charge in [0, 0.05) is 31.3 Å². The van der Waals surface area contributed by atoms with E-state index in [0.29, 0.717) is 31.1 Å². The van der Waals surface area contributed by atoms with E-state index < -0.39 is 0 Å². The van der Waals surface area contributed by atoms with Crippen LogP contribution in [0.2, 0.25) is 0 Å². The van der Waals surface area contributed by atoms with Crippen LogP contribution in [-0.4, -0.2) is 27.0 Å². The molecule has 0 fully saturated rings. The number of benzene rings is 1. The number of nitrogen functional groups attached to an aromatic ring is 1. The fourth-order valence-electron chi connectivity index (χ4n) is 2.55. The van der Waals surface area contributed by atoms with E-state index in [1.54, 1.807) is 0 Å². The number of aromatic nitrogens is 3. The third-order valence-electron chi connectivity index (χ3n) is 3.68. The molecule has 0 radical (unpaired) electrons. The molecule has 0 aliphatic carbocycles. The van der Waals surface area contributed by atoms with Crippen molar-refractivity contribution in [2.75, 3.05) is 12.3 Å². The summed E-state index contributed by atoms with van der Waals surface area (Å²) >= 11 is 1.42. The van der Waals surface area contributed by atoms with Gasteiger partial charge < -0.3 is 15.6 Å². The van der Waals surface area contributed by atoms with Gasteiger partial charge in [-0.05, 0) is 19.1 Å². The predicted molar refractivity (Wildman–Crippen MR) is 92.3 cm³/mol.